The fraction of sp³-hybridized carbons (Fsp3) is 0.333. The highest BCUT2D eigenvalue weighted by atomic mass is 19.3. The van der Waals surface area contributed by atoms with Crippen molar-refractivity contribution >= 4 is 11.8 Å². The molecule has 0 aliphatic heterocycles. The van der Waals surface area contributed by atoms with Gasteiger partial charge in [0, 0.05) is 12.0 Å². The summed E-state index contributed by atoms with van der Waals surface area (Å²) in [6, 6.07) is 4.80. The fourth-order valence-corrected chi connectivity index (χ4v) is 2.40. The molecule has 2 rings (SSSR count). The van der Waals surface area contributed by atoms with E-state index in [0.717, 1.165) is 5.56 Å². The quantitative estimate of drug-likeness (QED) is 0.484. The molecule has 1 aliphatic rings. The number of carbonyl (C=O) groups excluding carboxylic acids is 2. The zero-order chi connectivity index (χ0) is 14.9. The molecule has 0 amide bonds. The molecular weight excluding hydrogens is 266 g/mol. The van der Waals surface area contributed by atoms with Crippen molar-refractivity contribution in [3.05, 3.63) is 47.5 Å². The summed E-state index contributed by atoms with van der Waals surface area (Å²) < 4.78 is 31.6. The minimum absolute atomic E-state index is 0.173. The van der Waals surface area contributed by atoms with Crippen LogP contribution in [-0.4, -0.2) is 24.8 Å². The molecule has 1 unspecified atom stereocenters. The number of ether oxygens (including phenoxy) is 1. The molecule has 1 aromatic rings. The normalized spacial score (nSPS) is 20.9. The van der Waals surface area contributed by atoms with E-state index in [4.69, 9.17) is 4.74 Å². The molecule has 0 fully saturated rings. The summed E-state index contributed by atoms with van der Waals surface area (Å²) in [7, 11) is 0. The topological polar surface area (TPSA) is 43.4 Å². The summed E-state index contributed by atoms with van der Waals surface area (Å²) in [6.45, 7) is 4.94. The van der Waals surface area contributed by atoms with E-state index >= 15 is 0 Å². The Morgan fingerprint density at radius 3 is 2.85 bits per heavy atom. The molecule has 0 aromatic heterocycles. The standard InChI is InChI=1S/C15H14F2O3/c1-3-6-20-14(19)15(13(16)17)8-10-7-9(2)4-5-11(10)12(15)18/h3-5,7,13H,1,6,8H2,2H3. The van der Waals surface area contributed by atoms with Crippen LogP contribution in [0.4, 0.5) is 8.78 Å². The average Bonchev–Trinajstić information content (AvgIpc) is 2.69. The molecule has 1 aliphatic carbocycles. The second kappa shape index (κ2) is 5.15. The van der Waals surface area contributed by atoms with E-state index in [1.165, 1.54) is 12.1 Å². The van der Waals surface area contributed by atoms with E-state index < -0.39 is 23.6 Å². The summed E-state index contributed by atoms with van der Waals surface area (Å²) in [5.74, 6) is -2.05. The maximum absolute atomic E-state index is 13.4. The Morgan fingerprint density at radius 2 is 2.25 bits per heavy atom. The zero-order valence-corrected chi connectivity index (χ0v) is 11.0. The molecule has 3 nitrogen and oxygen atoms in total. The number of alkyl halides is 2. The lowest BCUT2D eigenvalue weighted by molar-refractivity contribution is -0.159. The van der Waals surface area contributed by atoms with Crippen LogP contribution in [-0.2, 0) is 16.0 Å². The Labute approximate surface area is 115 Å². The van der Waals surface area contributed by atoms with E-state index in [0.29, 0.717) is 5.56 Å². The second-order valence-corrected chi connectivity index (χ2v) is 4.83. The molecule has 0 N–H and O–H groups in total. The highest BCUT2D eigenvalue weighted by Gasteiger charge is 2.59. The van der Waals surface area contributed by atoms with Crippen molar-refractivity contribution in [2.24, 2.45) is 5.41 Å². The molecule has 0 radical (unpaired) electrons. The first-order valence-corrected chi connectivity index (χ1v) is 6.14. The Morgan fingerprint density at radius 1 is 1.55 bits per heavy atom. The van der Waals surface area contributed by atoms with E-state index in [1.807, 2.05) is 0 Å². The zero-order valence-electron chi connectivity index (χ0n) is 11.0. The van der Waals surface area contributed by atoms with E-state index in [-0.39, 0.29) is 18.6 Å². The first kappa shape index (κ1) is 14.4. The number of Topliss-reactive ketones (excluding diaryl/α,β-unsaturated/α-hetero) is 1. The van der Waals surface area contributed by atoms with Crippen molar-refractivity contribution in [3.8, 4) is 0 Å². The molecule has 0 saturated heterocycles. The van der Waals surface area contributed by atoms with Gasteiger partial charge < -0.3 is 4.74 Å². The number of halogens is 2. The van der Waals surface area contributed by atoms with Gasteiger partial charge in [-0.1, -0.05) is 36.4 Å². The minimum atomic E-state index is -3.11. The van der Waals surface area contributed by atoms with Gasteiger partial charge in [0.1, 0.15) is 6.61 Å². The predicted octanol–water partition coefficient (Wildman–Crippen LogP) is 2.71. The lowest BCUT2D eigenvalue weighted by Crippen LogP contribution is -2.45. The van der Waals surface area contributed by atoms with Gasteiger partial charge in [0.05, 0.1) is 0 Å². The van der Waals surface area contributed by atoms with E-state index in [9.17, 15) is 18.4 Å². The van der Waals surface area contributed by atoms with Crippen molar-refractivity contribution in [2.45, 2.75) is 19.8 Å². The number of carbonyl (C=O) groups is 2. The molecule has 0 spiro atoms. The fourth-order valence-electron chi connectivity index (χ4n) is 2.40. The number of hydrogen-bond donors (Lipinski definition) is 0. The van der Waals surface area contributed by atoms with Gasteiger partial charge in [-0.05, 0) is 12.5 Å². The molecule has 20 heavy (non-hydrogen) atoms. The third-order valence-electron chi connectivity index (χ3n) is 3.45. The Bertz CT molecular complexity index is 580. The van der Waals surface area contributed by atoms with Crippen molar-refractivity contribution < 1.29 is 23.1 Å². The van der Waals surface area contributed by atoms with Crippen molar-refractivity contribution in [1.82, 2.24) is 0 Å². The number of ketones is 1. The summed E-state index contributed by atoms with van der Waals surface area (Å²) in [5, 5.41) is 0. The minimum Gasteiger partial charge on any atom is -0.461 e. The summed E-state index contributed by atoms with van der Waals surface area (Å²) in [5.41, 5.74) is -0.933. The first-order chi connectivity index (χ1) is 9.43. The summed E-state index contributed by atoms with van der Waals surface area (Å²) in [4.78, 5) is 24.2. The number of fused-ring (bicyclic) bond motifs is 1. The molecule has 1 aromatic carbocycles. The molecule has 0 heterocycles. The molecule has 1 atom stereocenters. The largest absolute Gasteiger partial charge is 0.461 e. The van der Waals surface area contributed by atoms with Gasteiger partial charge in [0.2, 0.25) is 0 Å². The van der Waals surface area contributed by atoms with Gasteiger partial charge in [-0.15, -0.1) is 0 Å². The second-order valence-electron chi connectivity index (χ2n) is 4.83. The number of hydrogen-bond acceptors (Lipinski definition) is 3. The van der Waals surface area contributed by atoms with Gasteiger partial charge in [-0.25, -0.2) is 8.78 Å². The van der Waals surface area contributed by atoms with Crippen molar-refractivity contribution in [2.75, 3.05) is 6.61 Å². The van der Waals surface area contributed by atoms with Crippen LogP contribution >= 0.6 is 0 Å². The van der Waals surface area contributed by atoms with Crippen LogP contribution in [0.15, 0.2) is 30.9 Å². The maximum atomic E-state index is 13.4. The summed E-state index contributed by atoms with van der Waals surface area (Å²) >= 11 is 0. The van der Waals surface area contributed by atoms with Gasteiger partial charge >= 0.3 is 5.97 Å². The van der Waals surface area contributed by atoms with Gasteiger partial charge in [-0.2, -0.15) is 0 Å². The van der Waals surface area contributed by atoms with Crippen LogP contribution in [0, 0.1) is 12.3 Å². The average molecular weight is 280 g/mol. The SMILES string of the molecule is C=CCOC(=O)C1(C(F)F)Cc2cc(C)ccc2C1=O. The van der Waals surface area contributed by atoms with Gasteiger partial charge in [-0.3, -0.25) is 9.59 Å². The lowest BCUT2D eigenvalue weighted by Gasteiger charge is -2.23. The number of rotatable bonds is 4. The monoisotopic (exact) mass is 280 g/mol. The lowest BCUT2D eigenvalue weighted by atomic mass is 9.84. The van der Waals surface area contributed by atoms with E-state index in [2.05, 4.69) is 6.58 Å². The van der Waals surface area contributed by atoms with Crippen LogP contribution < -0.4 is 0 Å². The highest BCUT2D eigenvalue weighted by molar-refractivity contribution is 6.16. The van der Waals surface area contributed by atoms with E-state index in [1.54, 1.807) is 19.1 Å². The molecule has 0 saturated carbocycles. The Balaban J connectivity index is 2.44. The number of benzene rings is 1. The molecule has 0 bridgehead atoms. The number of aryl methyl sites for hydroxylation is 1. The number of esters is 1. The third-order valence-corrected chi connectivity index (χ3v) is 3.45. The highest BCUT2D eigenvalue weighted by Crippen LogP contribution is 2.43. The molecule has 106 valence electrons. The summed E-state index contributed by atoms with van der Waals surface area (Å²) in [6.07, 6.45) is -2.16. The smallest absolute Gasteiger partial charge is 0.326 e. The van der Waals surface area contributed by atoms with Crippen LogP contribution in [0.1, 0.15) is 21.5 Å². The Kier molecular flexibility index (Phi) is 3.70. The van der Waals surface area contributed by atoms with Crippen LogP contribution in [0.25, 0.3) is 0 Å². The molecular formula is C15H14F2O3. The first-order valence-electron chi connectivity index (χ1n) is 6.14. The maximum Gasteiger partial charge on any atom is 0.326 e. The van der Waals surface area contributed by atoms with Crippen molar-refractivity contribution in [1.29, 1.82) is 0 Å². The molecule has 5 heteroatoms. The van der Waals surface area contributed by atoms with Gasteiger partial charge in [0.15, 0.2) is 11.2 Å². The Hall–Kier alpha value is -2.04. The van der Waals surface area contributed by atoms with Crippen LogP contribution in [0.2, 0.25) is 0 Å². The third kappa shape index (κ3) is 2.03. The van der Waals surface area contributed by atoms with Crippen LogP contribution in [0.5, 0.6) is 0 Å². The van der Waals surface area contributed by atoms with Crippen molar-refractivity contribution in [3.63, 3.8) is 0 Å². The van der Waals surface area contributed by atoms with Gasteiger partial charge in [0.25, 0.3) is 6.43 Å². The van der Waals surface area contributed by atoms with Crippen LogP contribution in [0.3, 0.4) is 0 Å². The predicted molar refractivity (Wildman–Crippen MR) is 68.8 cm³/mol.